The number of nitrogens with zero attached hydrogens (tertiary/aromatic N) is 3. The number of halogens is 1. The summed E-state index contributed by atoms with van der Waals surface area (Å²) in [6.45, 7) is 2.38. The lowest BCUT2D eigenvalue weighted by Crippen LogP contribution is -2.38. The smallest absolute Gasteiger partial charge is 0.411 e. The number of likely N-dealkylation sites (tertiary alicyclic amines) is 1. The summed E-state index contributed by atoms with van der Waals surface area (Å²) in [5.74, 6) is -0.331. The number of Topliss-reactive ketones (excluding diaryl/α,β-unsaturated/α-hetero) is 1. The number of carbonyl (C=O) groups is 2. The molecular formula is C23H23FN4O3. The van der Waals surface area contributed by atoms with Crippen LogP contribution in [0.3, 0.4) is 0 Å². The van der Waals surface area contributed by atoms with Gasteiger partial charge >= 0.3 is 6.09 Å². The van der Waals surface area contributed by atoms with Gasteiger partial charge in [0.15, 0.2) is 5.78 Å². The van der Waals surface area contributed by atoms with Crippen molar-refractivity contribution in [2.45, 2.75) is 12.8 Å². The van der Waals surface area contributed by atoms with Crippen LogP contribution in [0.2, 0.25) is 0 Å². The van der Waals surface area contributed by atoms with Crippen molar-refractivity contribution >= 4 is 28.6 Å². The van der Waals surface area contributed by atoms with Crippen molar-refractivity contribution in [1.82, 2.24) is 14.9 Å². The second-order valence-electron chi connectivity index (χ2n) is 7.51. The highest BCUT2D eigenvalue weighted by Gasteiger charge is 2.25. The second-order valence-corrected chi connectivity index (χ2v) is 7.51. The van der Waals surface area contributed by atoms with Crippen molar-refractivity contribution in [1.29, 1.82) is 0 Å². The van der Waals surface area contributed by atoms with Gasteiger partial charge in [0.2, 0.25) is 0 Å². The van der Waals surface area contributed by atoms with E-state index in [0.29, 0.717) is 23.3 Å². The van der Waals surface area contributed by atoms with Gasteiger partial charge in [0.1, 0.15) is 12.4 Å². The van der Waals surface area contributed by atoms with Crippen molar-refractivity contribution < 1.29 is 18.7 Å². The molecule has 2 heterocycles. The van der Waals surface area contributed by atoms with Crippen molar-refractivity contribution in [2.75, 3.05) is 31.6 Å². The Kier molecular flexibility index (Phi) is 6.47. The average molecular weight is 422 g/mol. The molecule has 1 aliphatic rings. The van der Waals surface area contributed by atoms with Crippen LogP contribution in [-0.2, 0) is 4.74 Å². The average Bonchev–Trinajstić information content (AvgIpc) is 2.79. The van der Waals surface area contributed by atoms with Crippen LogP contribution in [0.15, 0.2) is 54.9 Å². The fourth-order valence-electron chi connectivity index (χ4n) is 3.73. The van der Waals surface area contributed by atoms with Crippen LogP contribution in [0.1, 0.15) is 23.2 Å². The molecule has 1 fully saturated rings. The molecule has 3 aromatic rings. The van der Waals surface area contributed by atoms with Gasteiger partial charge in [-0.2, -0.15) is 0 Å². The number of amides is 1. The van der Waals surface area contributed by atoms with Crippen molar-refractivity contribution in [3.8, 4) is 0 Å². The summed E-state index contributed by atoms with van der Waals surface area (Å²) in [5, 5.41) is 2.70. The maximum absolute atomic E-state index is 13.0. The van der Waals surface area contributed by atoms with Gasteiger partial charge in [0.25, 0.3) is 0 Å². The normalized spacial score (nSPS) is 15.0. The van der Waals surface area contributed by atoms with Gasteiger partial charge in [-0.3, -0.25) is 25.0 Å². The molecule has 0 spiro atoms. The quantitative estimate of drug-likeness (QED) is 0.607. The Morgan fingerprint density at radius 1 is 1.03 bits per heavy atom. The molecule has 2 aromatic carbocycles. The summed E-state index contributed by atoms with van der Waals surface area (Å²) in [6, 6.07) is 11.0. The number of hydrogen-bond acceptors (Lipinski definition) is 6. The van der Waals surface area contributed by atoms with Gasteiger partial charge in [0, 0.05) is 36.1 Å². The van der Waals surface area contributed by atoms with Crippen molar-refractivity contribution in [3.05, 3.63) is 66.2 Å². The minimum atomic E-state index is -0.524. The van der Waals surface area contributed by atoms with Gasteiger partial charge in [0.05, 0.1) is 11.0 Å². The number of rotatable bonds is 6. The SMILES string of the molecule is O=C(Nc1ccc2nccnc2c1)OCCN1CCC(C(=O)c2ccc(F)cc2)CC1. The molecule has 1 aromatic heterocycles. The molecule has 31 heavy (non-hydrogen) atoms. The molecule has 8 heteroatoms. The lowest BCUT2D eigenvalue weighted by atomic mass is 9.89. The number of piperidine rings is 1. The van der Waals surface area contributed by atoms with Crippen LogP contribution in [0.4, 0.5) is 14.9 Å². The summed E-state index contributed by atoms with van der Waals surface area (Å²) in [6.07, 6.45) is 4.16. The van der Waals surface area contributed by atoms with Crippen molar-refractivity contribution in [3.63, 3.8) is 0 Å². The molecule has 0 atom stereocenters. The molecule has 1 amide bonds. The maximum Gasteiger partial charge on any atom is 0.411 e. The molecule has 160 valence electrons. The number of anilines is 1. The van der Waals surface area contributed by atoms with Crippen molar-refractivity contribution in [2.24, 2.45) is 5.92 Å². The number of ketones is 1. The highest BCUT2D eigenvalue weighted by molar-refractivity contribution is 5.97. The largest absolute Gasteiger partial charge is 0.448 e. The highest BCUT2D eigenvalue weighted by Crippen LogP contribution is 2.22. The van der Waals surface area contributed by atoms with Crippen LogP contribution in [0, 0.1) is 11.7 Å². The Bertz CT molecular complexity index is 1070. The van der Waals surface area contributed by atoms with Gasteiger partial charge in [-0.25, -0.2) is 9.18 Å². The minimum absolute atomic E-state index is 0.0538. The van der Waals surface area contributed by atoms with Gasteiger partial charge in [-0.05, 0) is 68.4 Å². The molecule has 0 radical (unpaired) electrons. The van der Waals surface area contributed by atoms with E-state index in [2.05, 4.69) is 20.2 Å². The van der Waals surface area contributed by atoms with E-state index in [1.54, 1.807) is 42.7 Å². The van der Waals surface area contributed by atoms with Crippen LogP contribution < -0.4 is 5.32 Å². The first-order valence-corrected chi connectivity index (χ1v) is 10.3. The fourth-order valence-corrected chi connectivity index (χ4v) is 3.73. The monoisotopic (exact) mass is 422 g/mol. The van der Waals surface area contributed by atoms with Crippen LogP contribution in [0.5, 0.6) is 0 Å². The Morgan fingerprint density at radius 2 is 1.74 bits per heavy atom. The van der Waals surface area contributed by atoms with Crippen LogP contribution >= 0.6 is 0 Å². The summed E-state index contributed by atoms with van der Waals surface area (Å²) >= 11 is 0. The number of ether oxygens (including phenoxy) is 1. The number of nitrogens with one attached hydrogen (secondary N) is 1. The number of carbonyl (C=O) groups excluding carboxylic acids is 2. The zero-order valence-corrected chi connectivity index (χ0v) is 17.0. The number of aromatic nitrogens is 2. The summed E-state index contributed by atoms with van der Waals surface area (Å²) < 4.78 is 18.3. The van der Waals surface area contributed by atoms with Gasteiger partial charge < -0.3 is 4.74 Å². The maximum atomic E-state index is 13.0. The third kappa shape index (κ3) is 5.40. The predicted octanol–water partition coefficient (Wildman–Crippen LogP) is 3.91. The molecule has 4 rings (SSSR count). The first-order valence-electron chi connectivity index (χ1n) is 10.3. The molecule has 0 unspecified atom stereocenters. The van der Waals surface area contributed by atoms with Gasteiger partial charge in [-0.15, -0.1) is 0 Å². The lowest BCUT2D eigenvalue weighted by molar-refractivity contribution is 0.0813. The molecule has 1 aliphatic heterocycles. The van der Waals surface area contributed by atoms with E-state index in [1.165, 1.54) is 12.1 Å². The van der Waals surface area contributed by atoms with E-state index in [1.807, 2.05) is 0 Å². The van der Waals surface area contributed by atoms with E-state index in [9.17, 15) is 14.0 Å². The topological polar surface area (TPSA) is 84.4 Å². The molecule has 7 nitrogen and oxygen atoms in total. The molecule has 0 aliphatic carbocycles. The van der Waals surface area contributed by atoms with Gasteiger partial charge in [-0.1, -0.05) is 0 Å². The van der Waals surface area contributed by atoms with E-state index in [0.717, 1.165) is 31.4 Å². The lowest BCUT2D eigenvalue weighted by Gasteiger charge is -2.31. The number of hydrogen-bond donors (Lipinski definition) is 1. The fraction of sp³-hybridized carbons (Fsp3) is 0.304. The summed E-state index contributed by atoms with van der Waals surface area (Å²) in [7, 11) is 0. The zero-order valence-electron chi connectivity index (χ0n) is 17.0. The van der Waals surface area contributed by atoms with Crippen LogP contribution in [0.25, 0.3) is 11.0 Å². The van der Waals surface area contributed by atoms with E-state index in [-0.39, 0.29) is 24.1 Å². The Morgan fingerprint density at radius 3 is 2.48 bits per heavy atom. The first kappa shape index (κ1) is 20.9. The molecule has 0 saturated carbocycles. The summed E-state index contributed by atoms with van der Waals surface area (Å²) in [5.41, 5.74) is 2.60. The Labute approximate surface area is 179 Å². The van der Waals surface area contributed by atoms with E-state index >= 15 is 0 Å². The standard InChI is InChI=1S/C23H23FN4O3/c24-18-3-1-16(2-4-18)22(29)17-7-11-28(12-8-17)13-14-31-23(30)27-19-5-6-20-21(15-19)26-10-9-25-20/h1-6,9-10,15,17H,7-8,11-14H2,(H,27,30). The molecule has 0 bridgehead atoms. The first-order chi connectivity index (χ1) is 15.1. The van der Waals surface area contributed by atoms with Crippen LogP contribution in [-0.4, -0.2) is 53.0 Å². The third-order valence-electron chi connectivity index (χ3n) is 5.44. The molecule has 1 N–H and O–H groups in total. The molecule has 1 saturated heterocycles. The zero-order chi connectivity index (χ0) is 21.6. The summed E-state index contributed by atoms with van der Waals surface area (Å²) in [4.78, 5) is 35.2. The second kappa shape index (κ2) is 9.61. The highest BCUT2D eigenvalue weighted by atomic mass is 19.1. The minimum Gasteiger partial charge on any atom is -0.448 e. The van der Waals surface area contributed by atoms with E-state index in [4.69, 9.17) is 4.74 Å². The molecular weight excluding hydrogens is 399 g/mol. The number of benzene rings is 2. The number of fused-ring (bicyclic) bond motifs is 1. The third-order valence-corrected chi connectivity index (χ3v) is 5.44. The Hall–Kier alpha value is -3.39. The predicted molar refractivity (Wildman–Crippen MR) is 114 cm³/mol. The Balaban J connectivity index is 1.18. The van der Waals surface area contributed by atoms with E-state index < -0.39 is 6.09 Å².